The Balaban J connectivity index is 0.000000135. The molecule has 748 valence electrons. The van der Waals surface area contributed by atoms with Crippen LogP contribution in [0.4, 0.5) is 0 Å². The van der Waals surface area contributed by atoms with Crippen LogP contribution >= 0.6 is 0 Å². The van der Waals surface area contributed by atoms with Crippen molar-refractivity contribution in [2.75, 3.05) is 0 Å². The zero-order valence-electron chi connectivity index (χ0n) is 88.6. The molecule has 0 saturated heterocycles. The van der Waals surface area contributed by atoms with Crippen LogP contribution in [0.1, 0.15) is 158 Å². The summed E-state index contributed by atoms with van der Waals surface area (Å²) >= 11 is 0. The quantitative estimate of drug-likeness (QED) is 0.123. The molecule has 25 rings (SSSR count). The maximum atomic E-state index is 5.48. The standard InChI is InChI=1S/C49H42N4.2C43H38N4.3Pt/c1-48(2,3)34-20-21-42-39(27-34)40-28-35(49(4,5)6)29-41(45(40)51-42)47-52-46-37(18-13-19-44(46)53(47)7)33-24-32-16-11-12-17-36(32)38(25-33)43-26-31(22-23-50-43)30-14-9-8-10-15-30;1-42(2,3)28-18-19-37-33(23-28)34-24-29(43(4,5)6)25-35(39(34)45-37)41-46-40-31(15-12-17-38(40)47(41)7)32-22-27(36-16-10-11-20-44-36)21-26-13-8-9-14-30(26)32;1-42(2,3)28-18-19-37-33(23-28)34-24-29(43(4,5)6)25-35(39(34)45-37)41-46-40-31(15-12-17-38(40)47(41)7)27-21-26-13-8-9-14-30(26)32(22-27)36-16-10-11-20-44-36;;;/h8-24,26-29H,1-7H3;2*8-21,23-25H,1-7H3;;;/q3*-2;3*+2. The third kappa shape index (κ3) is 18.8. The molecular weight excluding hydrogens is 2370 g/mol. The molecule has 0 saturated carbocycles. The van der Waals surface area contributed by atoms with Crippen molar-refractivity contribution >= 4 is 131 Å². The van der Waals surface area contributed by atoms with Crippen LogP contribution in [0.2, 0.25) is 0 Å². The fourth-order valence-corrected chi connectivity index (χ4v) is 21.2. The van der Waals surface area contributed by atoms with Crippen molar-refractivity contribution in [2.24, 2.45) is 21.1 Å². The van der Waals surface area contributed by atoms with E-state index in [-0.39, 0.29) is 95.7 Å². The second kappa shape index (κ2) is 39.2. The molecule has 0 aliphatic heterocycles. The fourth-order valence-electron chi connectivity index (χ4n) is 21.2. The Bertz CT molecular complexity index is 9580. The first kappa shape index (κ1) is 103. The Hall–Kier alpha value is -14.4. The van der Waals surface area contributed by atoms with Crippen LogP contribution in [-0.4, -0.2) is 43.6 Å². The van der Waals surface area contributed by atoms with Crippen molar-refractivity contribution in [3.05, 3.63) is 386 Å². The van der Waals surface area contributed by atoms with Gasteiger partial charge in [0.05, 0.1) is 33.1 Å². The Morgan fingerprint density at radius 3 is 0.927 bits per heavy atom. The molecule has 25 aromatic rings. The van der Waals surface area contributed by atoms with Gasteiger partial charge in [-0.25, -0.2) is 15.0 Å². The Morgan fingerprint density at radius 1 is 0.227 bits per heavy atom. The number of para-hydroxylation sites is 3. The number of fused-ring (bicyclic) bond motifs is 15. The third-order valence-electron chi connectivity index (χ3n) is 29.7. The van der Waals surface area contributed by atoms with E-state index < -0.39 is 0 Å². The largest absolute Gasteiger partial charge is 2.00 e. The van der Waals surface area contributed by atoms with Crippen LogP contribution in [0.25, 0.3) is 243 Å². The number of rotatable bonds is 10. The van der Waals surface area contributed by atoms with E-state index in [1.807, 2.05) is 55.0 Å². The van der Waals surface area contributed by atoms with Crippen molar-refractivity contribution in [3.63, 3.8) is 0 Å². The van der Waals surface area contributed by atoms with E-state index in [4.69, 9.17) is 34.9 Å². The van der Waals surface area contributed by atoms with Gasteiger partial charge in [-0.2, -0.15) is 0 Å². The molecule has 12 nitrogen and oxygen atoms in total. The maximum absolute atomic E-state index is 5.48. The molecule has 16 aromatic carbocycles. The monoisotopic (exact) mass is 2490 g/mol. The summed E-state index contributed by atoms with van der Waals surface area (Å²) in [5, 5.41) is 14.0. The number of aromatic nitrogens is 12. The Kier molecular flexibility index (Phi) is 26.9. The number of nitrogens with zero attached hydrogens (tertiary/aromatic N) is 12. The SMILES string of the molecule is Cn1c(-c2cc(C(C)(C)C)cc3c2[n-]c2ccc(C(C)(C)C)cc23)nc2c(-c3[c-]c(-c4cc(-c5ccccc5)ccn4)c4ccccc4c3)cccc21.Cn1c(-c2cc(C(C)(C)C)cc3c2[n-]c2ccc(C(C)(C)C)cc23)nc2c(-c3[c-]c(-c4ccccn4)c4ccccc4c3)cccc21.Cn1c(-c2cc(C(C)(C)C)cc3c2[n-]c2ccc(C(C)(C)C)cc23)nc2c(-c3[c-]c(-c4ccccn4)cc4ccccc34)cccc21.[Pt+2].[Pt+2].[Pt+2]. The van der Waals surface area contributed by atoms with Gasteiger partial charge < -0.3 is 28.7 Å². The summed E-state index contributed by atoms with van der Waals surface area (Å²) < 4.78 is 6.68. The smallest absolute Gasteiger partial charge is 0.656 e. The van der Waals surface area contributed by atoms with Gasteiger partial charge in [0.2, 0.25) is 0 Å². The van der Waals surface area contributed by atoms with Crippen molar-refractivity contribution in [1.82, 2.24) is 58.6 Å². The van der Waals surface area contributed by atoms with E-state index in [2.05, 4.69) is 467 Å². The third-order valence-corrected chi connectivity index (χ3v) is 29.7. The normalized spacial score (nSPS) is 12.3. The molecular formula is C135H118N12Pt3. The molecule has 0 bridgehead atoms. The van der Waals surface area contributed by atoms with Gasteiger partial charge in [0.15, 0.2) is 0 Å². The van der Waals surface area contributed by atoms with Crippen LogP contribution in [0, 0.1) is 18.2 Å². The summed E-state index contributed by atoms with van der Waals surface area (Å²) in [6, 6.07) is 124. The topological polar surface area (TPSA) is 134 Å². The average molecular weight is 2490 g/mol. The first-order valence-electron chi connectivity index (χ1n) is 51.1. The first-order chi connectivity index (χ1) is 70.4. The second-order valence-electron chi connectivity index (χ2n) is 46.0. The average Bonchev–Trinajstić information content (AvgIpc) is 1.58. The second-order valence-corrected chi connectivity index (χ2v) is 46.0. The number of pyridine rings is 3. The van der Waals surface area contributed by atoms with E-state index in [0.29, 0.717) is 0 Å². The van der Waals surface area contributed by atoms with E-state index >= 15 is 0 Å². The minimum Gasteiger partial charge on any atom is -0.656 e. The van der Waals surface area contributed by atoms with Crippen LogP contribution in [0.5, 0.6) is 0 Å². The maximum Gasteiger partial charge on any atom is 2.00 e. The van der Waals surface area contributed by atoms with E-state index in [9.17, 15) is 0 Å². The van der Waals surface area contributed by atoms with Gasteiger partial charge >= 0.3 is 63.2 Å². The van der Waals surface area contributed by atoms with Crippen molar-refractivity contribution < 1.29 is 63.2 Å². The predicted molar refractivity (Wildman–Crippen MR) is 616 cm³/mol. The summed E-state index contributed by atoms with van der Waals surface area (Å²) in [6.07, 6.45) is 5.57. The fraction of sp³-hybridized carbons (Fsp3) is 0.200. The number of hydrogen-bond donors (Lipinski definition) is 0. The zero-order valence-corrected chi connectivity index (χ0v) is 95.4. The molecule has 0 spiro atoms. The summed E-state index contributed by atoms with van der Waals surface area (Å²) in [4.78, 5) is 46.3. The summed E-state index contributed by atoms with van der Waals surface area (Å²) in [5.74, 6) is 2.72. The summed E-state index contributed by atoms with van der Waals surface area (Å²) in [5.41, 5.74) is 37.0. The van der Waals surface area contributed by atoms with Crippen LogP contribution in [-0.2, 0) is 117 Å². The first-order valence-corrected chi connectivity index (χ1v) is 51.1. The van der Waals surface area contributed by atoms with Gasteiger partial charge in [-0.3, -0.25) is 15.0 Å². The molecule has 0 amide bonds. The minimum atomic E-state index is -0.0633. The number of aryl methyl sites for hydroxylation is 3. The van der Waals surface area contributed by atoms with Gasteiger partial charge in [-0.15, -0.1) is 86.2 Å². The van der Waals surface area contributed by atoms with Gasteiger partial charge in [0.25, 0.3) is 0 Å². The van der Waals surface area contributed by atoms with Crippen LogP contribution in [0.3, 0.4) is 0 Å². The number of hydrogen-bond acceptors (Lipinski definition) is 6. The van der Waals surface area contributed by atoms with Gasteiger partial charge in [-0.05, 0) is 164 Å². The van der Waals surface area contributed by atoms with Crippen molar-refractivity contribution in [1.29, 1.82) is 0 Å². The molecule has 150 heavy (non-hydrogen) atoms. The molecule has 9 heterocycles. The van der Waals surface area contributed by atoms with Crippen molar-refractivity contribution in [3.8, 4) is 112 Å². The molecule has 0 unspecified atom stereocenters. The van der Waals surface area contributed by atoms with E-state index in [1.165, 1.54) is 65.7 Å². The molecule has 0 aliphatic carbocycles. The molecule has 0 N–H and O–H groups in total. The van der Waals surface area contributed by atoms with Crippen LogP contribution in [0.15, 0.2) is 334 Å². The Morgan fingerprint density at radius 2 is 0.547 bits per heavy atom. The zero-order chi connectivity index (χ0) is 102. The molecule has 9 aromatic heterocycles. The summed E-state index contributed by atoms with van der Waals surface area (Å²) in [7, 11) is 6.36. The summed E-state index contributed by atoms with van der Waals surface area (Å²) in [6.45, 7) is 40.9. The Labute approximate surface area is 921 Å². The number of benzene rings is 16. The van der Waals surface area contributed by atoms with Crippen LogP contribution < -0.4 is 15.0 Å². The van der Waals surface area contributed by atoms with Gasteiger partial charge in [-0.1, -0.05) is 433 Å². The molecule has 0 aliphatic rings. The molecule has 15 heteroatoms. The minimum absolute atomic E-state index is 0. The molecule has 0 radical (unpaired) electrons. The van der Waals surface area contributed by atoms with Crippen molar-refractivity contribution in [2.45, 2.75) is 157 Å². The van der Waals surface area contributed by atoms with Gasteiger partial charge in [0.1, 0.15) is 17.5 Å². The van der Waals surface area contributed by atoms with Gasteiger partial charge in [0, 0.05) is 73.5 Å². The molecule has 0 atom stereocenters. The number of imidazole rings is 3. The molecule has 0 fully saturated rings. The van der Waals surface area contributed by atoms with E-state index in [0.717, 1.165) is 211 Å². The van der Waals surface area contributed by atoms with E-state index in [1.54, 1.807) is 0 Å². The predicted octanol–water partition coefficient (Wildman–Crippen LogP) is 34.0.